The quantitative estimate of drug-likeness (QED) is 0.247. The lowest BCUT2D eigenvalue weighted by atomic mass is 9.85. The molecule has 5 N–H and O–H groups in total. The van der Waals surface area contributed by atoms with Gasteiger partial charge >= 0.3 is 17.9 Å². The molecular formula is C28H39N3O10. The Morgan fingerprint density at radius 3 is 2.17 bits per heavy atom. The van der Waals surface area contributed by atoms with Crippen molar-refractivity contribution in [3.05, 3.63) is 42.0 Å². The molecule has 41 heavy (non-hydrogen) atoms. The van der Waals surface area contributed by atoms with Crippen LogP contribution < -0.4 is 9.47 Å². The third-order valence-corrected chi connectivity index (χ3v) is 7.52. The van der Waals surface area contributed by atoms with E-state index in [-0.39, 0.29) is 0 Å². The Balaban J connectivity index is 0.000000302. The maximum atomic E-state index is 11.4. The molecule has 1 aromatic carbocycles. The van der Waals surface area contributed by atoms with Crippen LogP contribution >= 0.6 is 0 Å². The molecular weight excluding hydrogens is 538 g/mol. The van der Waals surface area contributed by atoms with Crippen LogP contribution in [0.25, 0.3) is 0 Å². The number of piperidine rings is 1. The Kier molecular flexibility index (Phi) is 10.3. The van der Waals surface area contributed by atoms with Gasteiger partial charge in [0.05, 0.1) is 26.6 Å². The zero-order valence-corrected chi connectivity index (χ0v) is 23.5. The first-order valence-corrected chi connectivity index (χ1v) is 13.5. The van der Waals surface area contributed by atoms with Crippen molar-refractivity contribution < 1.29 is 49.4 Å². The fourth-order valence-electron chi connectivity index (χ4n) is 5.70. The van der Waals surface area contributed by atoms with E-state index in [0.717, 1.165) is 61.5 Å². The Bertz CT molecular complexity index is 1200. The first-order valence-electron chi connectivity index (χ1n) is 13.5. The molecule has 2 aliphatic heterocycles. The van der Waals surface area contributed by atoms with Crippen LogP contribution in [0, 0.1) is 0 Å². The fourth-order valence-corrected chi connectivity index (χ4v) is 5.70. The minimum Gasteiger partial charge on any atom is -0.493 e. The van der Waals surface area contributed by atoms with Gasteiger partial charge in [0.25, 0.3) is 0 Å². The van der Waals surface area contributed by atoms with Gasteiger partial charge in [-0.3, -0.25) is 14.5 Å². The van der Waals surface area contributed by atoms with Crippen LogP contribution in [0.2, 0.25) is 0 Å². The number of benzene rings is 1. The topological polar surface area (TPSA) is 192 Å². The molecule has 0 amide bonds. The first-order chi connectivity index (χ1) is 19.3. The maximum Gasteiger partial charge on any atom is 0.336 e. The number of aryl methyl sites for hydroxylation is 1. The highest BCUT2D eigenvalue weighted by Crippen LogP contribution is 2.46. The lowest BCUT2D eigenvalue weighted by Gasteiger charge is -2.43. The molecule has 2 aromatic rings. The average molecular weight is 578 g/mol. The van der Waals surface area contributed by atoms with E-state index in [9.17, 15) is 19.5 Å². The van der Waals surface area contributed by atoms with Crippen LogP contribution in [0.1, 0.15) is 63.3 Å². The summed E-state index contributed by atoms with van der Waals surface area (Å²) in [6.45, 7) is 3.61. The van der Waals surface area contributed by atoms with Gasteiger partial charge < -0.3 is 39.6 Å². The predicted molar refractivity (Wildman–Crippen MR) is 145 cm³/mol. The normalized spacial score (nSPS) is 22.0. The van der Waals surface area contributed by atoms with Crippen molar-refractivity contribution in [3.63, 3.8) is 0 Å². The number of carboxylic acids is 3. The highest BCUT2D eigenvalue weighted by molar-refractivity contribution is 5.88. The van der Waals surface area contributed by atoms with Crippen LogP contribution in [0.5, 0.6) is 11.5 Å². The number of aromatic nitrogens is 2. The summed E-state index contributed by atoms with van der Waals surface area (Å²) < 4.78 is 13.5. The number of para-hydroxylation sites is 1. The summed E-state index contributed by atoms with van der Waals surface area (Å²) >= 11 is 0. The monoisotopic (exact) mass is 577 g/mol. The number of rotatable bonds is 12. The second kappa shape index (κ2) is 13.3. The number of fused-ring (bicyclic) bond motifs is 2. The minimum absolute atomic E-state index is 0.352. The van der Waals surface area contributed by atoms with Crippen LogP contribution in [-0.4, -0.2) is 89.3 Å². The molecule has 2 aliphatic rings. The van der Waals surface area contributed by atoms with E-state index in [2.05, 4.69) is 22.9 Å². The van der Waals surface area contributed by atoms with Crippen molar-refractivity contribution in [1.82, 2.24) is 14.5 Å². The maximum absolute atomic E-state index is 11.4. The van der Waals surface area contributed by atoms with Gasteiger partial charge in [0.1, 0.15) is 11.4 Å². The highest BCUT2D eigenvalue weighted by atomic mass is 16.5. The molecule has 0 radical (unpaired) electrons. The summed E-state index contributed by atoms with van der Waals surface area (Å²) in [7, 11) is 3.65. The second-order valence-corrected chi connectivity index (χ2v) is 10.6. The molecule has 4 rings (SSSR count). The number of hydrogen-bond donors (Lipinski definition) is 5. The number of aliphatic carboxylic acids is 3. The average Bonchev–Trinajstić information content (AvgIpc) is 3.43. The molecule has 2 saturated heterocycles. The summed E-state index contributed by atoms with van der Waals surface area (Å²) in [5, 5.41) is 45.2. The molecule has 2 bridgehead atoms. The zero-order valence-electron chi connectivity index (χ0n) is 23.5. The molecule has 2 fully saturated rings. The number of nitrogens with zero attached hydrogens (tertiary/aromatic N) is 3. The third kappa shape index (κ3) is 7.54. The second-order valence-electron chi connectivity index (χ2n) is 10.6. The molecule has 2 unspecified atom stereocenters. The van der Waals surface area contributed by atoms with Crippen molar-refractivity contribution in [3.8, 4) is 11.5 Å². The standard InChI is InChI=1S/C22H31N3O3.C6H8O7/c1-4-12-28-20-16(6-5-7-19(20)27-3)15-25-17-8-9-18(25)14-22(26,13-17)21-23-10-11-24(21)2;7-3(8)1-6(13,5(11)12)2-4(9)10/h5-7,10-11,17-18,26H,4,8-9,12-15H2,1-3H3;13H,1-2H2,(H,7,8)(H,9,10)(H,11,12). The summed E-state index contributed by atoms with van der Waals surface area (Å²) in [6.07, 6.45) is 6.04. The molecule has 13 heteroatoms. The van der Waals surface area contributed by atoms with Crippen molar-refractivity contribution in [1.29, 1.82) is 0 Å². The lowest BCUT2D eigenvalue weighted by molar-refractivity contribution is -0.170. The van der Waals surface area contributed by atoms with E-state index in [1.54, 1.807) is 13.3 Å². The van der Waals surface area contributed by atoms with Crippen molar-refractivity contribution >= 4 is 17.9 Å². The Morgan fingerprint density at radius 1 is 1.10 bits per heavy atom. The van der Waals surface area contributed by atoms with Gasteiger partial charge in [-0.05, 0) is 38.2 Å². The van der Waals surface area contributed by atoms with Gasteiger partial charge in [-0.25, -0.2) is 9.78 Å². The van der Waals surface area contributed by atoms with E-state index in [1.807, 2.05) is 29.9 Å². The van der Waals surface area contributed by atoms with Gasteiger partial charge in [0.2, 0.25) is 0 Å². The molecule has 1 aromatic heterocycles. The van der Waals surface area contributed by atoms with Crippen LogP contribution in [0.15, 0.2) is 30.6 Å². The molecule has 2 atom stereocenters. The third-order valence-electron chi connectivity index (χ3n) is 7.52. The zero-order chi connectivity index (χ0) is 30.4. The fraction of sp³-hybridized carbons (Fsp3) is 0.571. The molecule has 0 saturated carbocycles. The lowest BCUT2D eigenvalue weighted by Crippen LogP contribution is -2.50. The van der Waals surface area contributed by atoms with E-state index in [4.69, 9.17) is 29.9 Å². The SMILES string of the molecule is CCCOc1c(CN2C3CCC2CC(O)(c2nccn2C)C3)cccc1OC.O=C(O)CC(O)(CC(=O)O)C(=O)O. The number of imidazole rings is 1. The van der Waals surface area contributed by atoms with Gasteiger partial charge in [-0.1, -0.05) is 19.1 Å². The summed E-state index contributed by atoms with van der Waals surface area (Å²) in [5.74, 6) is -2.58. The summed E-state index contributed by atoms with van der Waals surface area (Å²) in [6, 6.07) is 6.82. The van der Waals surface area contributed by atoms with Gasteiger partial charge in [-0.15, -0.1) is 0 Å². The van der Waals surface area contributed by atoms with Crippen LogP contribution in [-0.2, 0) is 33.6 Å². The number of carbonyl (C=O) groups is 3. The first kappa shape index (κ1) is 31.8. The number of aliphatic hydroxyl groups is 2. The van der Waals surface area contributed by atoms with Crippen LogP contribution in [0.4, 0.5) is 0 Å². The number of methoxy groups -OCH3 is 1. The molecule has 0 aliphatic carbocycles. The smallest absolute Gasteiger partial charge is 0.336 e. The van der Waals surface area contributed by atoms with Crippen LogP contribution in [0.3, 0.4) is 0 Å². The van der Waals surface area contributed by atoms with E-state index >= 15 is 0 Å². The number of ether oxygens (including phenoxy) is 2. The predicted octanol–water partition coefficient (Wildman–Crippen LogP) is 1.98. The number of hydrogen-bond acceptors (Lipinski definition) is 9. The summed E-state index contributed by atoms with van der Waals surface area (Å²) in [4.78, 5) is 37.5. The van der Waals surface area contributed by atoms with Gasteiger partial charge in [0.15, 0.2) is 17.1 Å². The highest BCUT2D eigenvalue weighted by Gasteiger charge is 2.50. The Hall–Kier alpha value is -3.68. The van der Waals surface area contributed by atoms with Crippen molar-refractivity contribution in [2.75, 3.05) is 13.7 Å². The molecule has 3 heterocycles. The molecule has 0 spiro atoms. The Labute approximate surface area is 237 Å². The molecule has 226 valence electrons. The van der Waals surface area contributed by atoms with E-state index < -0.39 is 42.0 Å². The number of carboxylic acid groups (broad SMARTS) is 3. The molecule has 13 nitrogen and oxygen atoms in total. The van der Waals surface area contributed by atoms with Gasteiger partial charge in [-0.2, -0.15) is 0 Å². The van der Waals surface area contributed by atoms with Gasteiger partial charge in [0, 0.05) is 43.6 Å². The van der Waals surface area contributed by atoms with E-state index in [1.165, 1.54) is 0 Å². The van der Waals surface area contributed by atoms with E-state index in [0.29, 0.717) is 18.7 Å². The van der Waals surface area contributed by atoms with Crippen molar-refractivity contribution in [2.45, 2.75) is 81.7 Å². The minimum atomic E-state index is -2.74. The Morgan fingerprint density at radius 2 is 1.71 bits per heavy atom. The summed E-state index contributed by atoms with van der Waals surface area (Å²) in [5.41, 5.74) is -2.42. The largest absolute Gasteiger partial charge is 0.493 e. The van der Waals surface area contributed by atoms with Crippen molar-refractivity contribution in [2.24, 2.45) is 7.05 Å².